The molecule has 0 amide bonds. The van der Waals surface area contributed by atoms with Crippen LogP contribution in [0.25, 0.3) is 0 Å². The van der Waals surface area contributed by atoms with Crippen LogP contribution in [0.2, 0.25) is 0 Å². The molecule has 3 nitrogen and oxygen atoms in total. The summed E-state index contributed by atoms with van der Waals surface area (Å²) in [7, 11) is -1.86. The molecule has 0 aliphatic heterocycles. The van der Waals surface area contributed by atoms with Crippen molar-refractivity contribution in [2.24, 2.45) is 0 Å². The largest absolute Gasteiger partial charge is 0.505 e. The van der Waals surface area contributed by atoms with E-state index in [9.17, 15) is 4.57 Å². The van der Waals surface area contributed by atoms with E-state index in [0.717, 1.165) is 12.8 Å². The molecule has 0 spiro atoms. The Kier molecular flexibility index (Phi) is 9.57. The summed E-state index contributed by atoms with van der Waals surface area (Å²) in [6, 6.07) is 0. The first kappa shape index (κ1) is 10.9. The third kappa shape index (κ3) is 9.39. The van der Waals surface area contributed by atoms with Gasteiger partial charge in [-0.3, -0.25) is 0 Å². The van der Waals surface area contributed by atoms with Crippen LogP contribution in [0.4, 0.5) is 0 Å². The van der Waals surface area contributed by atoms with E-state index in [1.165, 1.54) is 0 Å². The molecule has 50 valence electrons. The summed E-state index contributed by atoms with van der Waals surface area (Å²) in [6.45, 7) is 2.00. The molecule has 0 aromatic heterocycles. The average Bonchev–Trinajstić information content (AvgIpc) is 1.61. The molecule has 0 aliphatic carbocycles. The van der Waals surface area contributed by atoms with E-state index in [1.807, 2.05) is 6.92 Å². The van der Waals surface area contributed by atoms with Crippen molar-refractivity contribution in [2.75, 3.05) is 6.16 Å². The Hall–Kier alpha value is 0.0200. The van der Waals surface area contributed by atoms with Gasteiger partial charge in [0.15, 0.2) is 6.16 Å². The van der Waals surface area contributed by atoms with Crippen LogP contribution >= 0.6 is 8.03 Å². The van der Waals surface area contributed by atoms with Gasteiger partial charge >= 0.3 is 8.03 Å². The van der Waals surface area contributed by atoms with Crippen LogP contribution in [0.5, 0.6) is 0 Å². The summed E-state index contributed by atoms with van der Waals surface area (Å²) >= 11 is 0. The van der Waals surface area contributed by atoms with Gasteiger partial charge in [0.1, 0.15) is 0 Å². The van der Waals surface area contributed by atoms with Gasteiger partial charge in [0.25, 0.3) is 0 Å². The molecule has 0 aromatic rings. The lowest BCUT2D eigenvalue weighted by Gasteiger charge is -1.75. The predicted octanol–water partition coefficient (Wildman–Crippen LogP) is 1.68. The number of unbranched alkanes of at least 4 members (excludes halogenated alkanes) is 1. The molecule has 0 rings (SSSR count). The average molecular weight is 138 g/mol. The standard InChI is InChI=1S/C4H9O2P.H3N/c1-2-3-4-7(5)6;/h2-4H2,1H3;1H3/p+1. The molecule has 0 heterocycles. The summed E-state index contributed by atoms with van der Waals surface area (Å²) in [5.74, 6) is 0. The molecule has 0 saturated carbocycles. The number of rotatable bonds is 3. The third-order valence-corrected chi connectivity index (χ3v) is 1.40. The van der Waals surface area contributed by atoms with Crippen molar-refractivity contribution < 1.29 is 9.46 Å². The fraction of sp³-hybridized carbons (Fsp3) is 1.00. The maximum Gasteiger partial charge on any atom is 0.505 e. The zero-order valence-electron chi connectivity index (χ0n) is 5.13. The van der Waals surface area contributed by atoms with Crippen molar-refractivity contribution in [3.8, 4) is 0 Å². The molecule has 1 atom stereocenters. The van der Waals surface area contributed by atoms with Gasteiger partial charge in [-0.25, -0.2) is 0 Å². The van der Waals surface area contributed by atoms with Crippen molar-refractivity contribution in [1.82, 2.24) is 6.15 Å². The lowest BCUT2D eigenvalue weighted by atomic mass is 10.4. The normalized spacial score (nSPS) is 10.0. The second-order valence-corrected chi connectivity index (χ2v) is 2.58. The fourth-order valence-corrected chi connectivity index (χ4v) is 0.880. The Bertz CT molecular complexity index is 67.1. The van der Waals surface area contributed by atoms with Crippen molar-refractivity contribution in [1.29, 1.82) is 0 Å². The number of hydrogen-bond acceptors (Lipinski definition) is 2. The first-order valence-electron chi connectivity index (χ1n) is 2.41. The van der Waals surface area contributed by atoms with Crippen LogP contribution < -0.4 is 6.15 Å². The van der Waals surface area contributed by atoms with Crippen LogP contribution in [-0.4, -0.2) is 11.1 Å². The molecular formula is C4H13NO2P+. The van der Waals surface area contributed by atoms with Gasteiger partial charge < -0.3 is 6.15 Å². The van der Waals surface area contributed by atoms with E-state index in [2.05, 4.69) is 0 Å². The van der Waals surface area contributed by atoms with E-state index in [1.54, 1.807) is 0 Å². The highest BCUT2D eigenvalue weighted by Crippen LogP contribution is 2.13. The summed E-state index contributed by atoms with van der Waals surface area (Å²) in [5.41, 5.74) is 0. The Morgan fingerprint density at radius 3 is 2.25 bits per heavy atom. The van der Waals surface area contributed by atoms with Crippen LogP contribution in [0, 0.1) is 0 Å². The van der Waals surface area contributed by atoms with Crippen molar-refractivity contribution in [2.45, 2.75) is 19.8 Å². The van der Waals surface area contributed by atoms with Crippen molar-refractivity contribution in [3.63, 3.8) is 0 Å². The topological polar surface area (TPSA) is 72.3 Å². The fourth-order valence-electron chi connectivity index (χ4n) is 0.293. The summed E-state index contributed by atoms with van der Waals surface area (Å²) in [6.07, 6.45) is 2.33. The minimum atomic E-state index is -1.86. The molecule has 0 aromatic carbocycles. The highest BCUT2D eigenvalue weighted by atomic mass is 31.1. The van der Waals surface area contributed by atoms with Crippen LogP contribution in [0.3, 0.4) is 0 Å². The molecule has 0 bridgehead atoms. The molecule has 0 aliphatic rings. The van der Waals surface area contributed by atoms with Gasteiger partial charge in [0.2, 0.25) is 0 Å². The van der Waals surface area contributed by atoms with Gasteiger partial charge in [0.05, 0.1) is 0 Å². The molecule has 4 N–H and O–H groups in total. The second-order valence-electron chi connectivity index (χ2n) is 1.43. The SMILES string of the molecule is CCCC[P+](=O)O.N. The van der Waals surface area contributed by atoms with E-state index in [4.69, 9.17) is 4.89 Å². The quantitative estimate of drug-likeness (QED) is 0.582. The second kappa shape index (κ2) is 7.02. The molecule has 1 unspecified atom stereocenters. The smallest absolute Gasteiger partial charge is 0.344 e. The zero-order chi connectivity index (χ0) is 5.70. The molecule has 0 saturated heterocycles. The van der Waals surface area contributed by atoms with Crippen LogP contribution in [-0.2, 0) is 4.57 Å². The number of hydrogen-bond donors (Lipinski definition) is 2. The molecular weight excluding hydrogens is 125 g/mol. The zero-order valence-corrected chi connectivity index (χ0v) is 6.03. The molecule has 8 heavy (non-hydrogen) atoms. The Morgan fingerprint density at radius 2 is 2.12 bits per heavy atom. The van der Waals surface area contributed by atoms with Gasteiger partial charge in [-0.05, 0) is 11.0 Å². The highest BCUT2D eigenvalue weighted by molar-refractivity contribution is 7.37. The van der Waals surface area contributed by atoms with Crippen LogP contribution in [0.15, 0.2) is 0 Å². The monoisotopic (exact) mass is 138 g/mol. The van der Waals surface area contributed by atoms with Gasteiger partial charge in [-0.1, -0.05) is 13.3 Å². The Morgan fingerprint density at radius 1 is 1.62 bits per heavy atom. The maximum absolute atomic E-state index is 9.91. The van der Waals surface area contributed by atoms with Crippen molar-refractivity contribution >= 4 is 8.03 Å². The Labute approximate surface area is 50.6 Å². The van der Waals surface area contributed by atoms with Crippen molar-refractivity contribution in [3.05, 3.63) is 0 Å². The van der Waals surface area contributed by atoms with Gasteiger partial charge in [-0.15, -0.1) is 0 Å². The minimum absolute atomic E-state index is 0. The molecule has 0 fully saturated rings. The first-order valence-corrected chi connectivity index (χ1v) is 3.80. The summed E-state index contributed by atoms with van der Waals surface area (Å²) in [4.78, 5) is 8.19. The maximum atomic E-state index is 9.91. The highest BCUT2D eigenvalue weighted by Gasteiger charge is 2.05. The molecule has 0 radical (unpaired) electrons. The Balaban J connectivity index is 0. The predicted molar refractivity (Wildman–Crippen MR) is 34.6 cm³/mol. The lowest BCUT2D eigenvalue weighted by molar-refractivity contribution is 0.501. The van der Waals surface area contributed by atoms with E-state index >= 15 is 0 Å². The van der Waals surface area contributed by atoms with E-state index in [0.29, 0.717) is 6.16 Å². The minimum Gasteiger partial charge on any atom is -0.344 e. The summed E-state index contributed by atoms with van der Waals surface area (Å²) in [5, 5.41) is 0. The third-order valence-electron chi connectivity index (χ3n) is 0.703. The summed E-state index contributed by atoms with van der Waals surface area (Å²) < 4.78 is 9.91. The van der Waals surface area contributed by atoms with Gasteiger partial charge in [-0.2, -0.15) is 4.89 Å². The van der Waals surface area contributed by atoms with E-state index < -0.39 is 8.03 Å². The van der Waals surface area contributed by atoms with Crippen LogP contribution in [0.1, 0.15) is 19.8 Å². The lowest BCUT2D eigenvalue weighted by Crippen LogP contribution is -1.73. The molecule has 4 heteroatoms. The van der Waals surface area contributed by atoms with Gasteiger partial charge in [0, 0.05) is 0 Å². The first-order chi connectivity index (χ1) is 3.27. The van der Waals surface area contributed by atoms with E-state index in [-0.39, 0.29) is 6.15 Å².